The van der Waals surface area contributed by atoms with Crippen molar-refractivity contribution in [1.29, 1.82) is 0 Å². The molecule has 24 heavy (non-hydrogen) atoms. The third-order valence-electron chi connectivity index (χ3n) is 4.86. The minimum absolute atomic E-state index is 0.0269. The molecule has 0 spiro atoms. The molecule has 2 atom stereocenters. The maximum absolute atomic E-state index is 12.4. The van der Waals surface area contributed by atoms with Gasteiger partial charge in [0.2, 0.25) is 5.91 Å². The minimum atomic E-state index is -3.14. The van der Waals surface area contributed by atoms with Gasteiger partial charge in [-0.2, -0.15) is 0 Å². The zero-order valence-corrected chi connectivity index (χ0v) is 14.9. The summed E-state index contributed by atoms with van der Waals surface area (Å²) < 4.78 is 24.4. The first-order chi connectivity index (χ1) is 11.3. The Hall–Kier alpha value is -1.60. The van der Waals surface area contributed by atoms with Crippen LogP contribution in [0.25, 0.3) is 0 Å². The second kappa shape index (κ2) is 6.37. The van der Waals surface area contributed by atoms with Crippen molar-refractivity contribution in [2.75, 3.05) is 24.6 Å². The highest BCUT2D eigenvalue weighted by Crippen LogP contribution is 2.29. The van der Waals surface area contributed by atoms with Gasteiger partial charge in [-0.25, -0.2) is 8.42 Å². The molecule has 0 radical (unpaired) electrons. The first-order valence-corrected chi connectivity index (χ1v) is 10.1. The van der Waals surface area contributed by atoms with Gasteiger partial charge in [0.05, 0.1) is 17.5 Å². The van der Waals surface area contributed by atoms with E-state index in [4.69, 9.17) is 0 Å². The molecule has 1 aromatic rings. The van der Waals surface area contributed by atoms with Gasteiger partial charge in [-0.05, 0) is 17.7 Å². The maximum atomic E-state index is 12.4. The molecule has 0 aromatic heterocycles. The molecule has 0 unspecified atom stereocenters. The molecule has 1 N–H and O–H groups in total. The number of hydrogen-bond acceptors (Lipinski definition) is 5. The fraction of sp³-hybridized carbons (Fsp3) is 0.588. The molecule has 0 saturated carbocycles. The summed E-state index contributed by atoms with van der Waals surface area (Å²) in [6.07, 6.45) is 0. The Bertz CT molecular complexity index is 732. The van der Waals surface area contributed by atoms with Crippen molar-refractivity contribution < 1.29 is 18.3 Å². The highest BCUT2D eigenvalue weighted by molar-refractivity contribution is 7.91. The second-order valence-electron chi connectivity index (χ2n) is 7.04. The van der Waals surface area contributed by atoms with Crippen LogP contribution in [0.2, 0.25) is 0 Å². The van der Waals surface area contributed by atoms with E-state index in [1.54, 1.807) is 23.1 Å². The summed E-state index contributed by atoms with van der Waals surface area (Å²) in [5.74, 6) is 0.243. The van der Waals surface area contributed by atoms with Gasteiger partial charge in [-0.15, -0.1) is 0 Å². The molecule has 2 aliphatic rings. The number of carbonyl (C=O) groups is 1. The van der Waals surface area contributed by atoms with E-state index < -0.39 is 9.84 Å². The van der Waals surface area contributed by atoms with Crippen molar-refractivity contribution in [3.63, 3.8) is 0 Å². The van der Waals surface area contributed by atoms with Crippen LogP contribution in [0.15, 0.2) is 24.3 Å². The van der Waals surface area contributed by atoms with Crippen LogP contribution in [0.4, 0.5) is 0 Å². The fourth-order valence-electron chi connectivity index (χ4n) is 3.72. The van der Waals surface area contributed by atoms with Crippen molar-refractivity contribution in [3.8, 4) is 5.75 Å². The molecule has 0 aliphatic carbocycles. The third-order valence-corrected chi connectivity index (χ3v) is 6.56. The van der Waals surface area contributed by atoms with Crippen LogP contribution in [0, 0.1) is 5.92 Å². The van der Waals surface area contributed by atoms with Crippen LogP contribution in [0.1, 0.15) is 19.4 Å². The lowest BCUT2D eigenvalue weighted by Crippen LogP contribution is -2.60. The van der Waals surface area contributed by atoms with Gasteiger partial charge in [0.25, 0.3) is 0 Å². The van der Waals surface area contributed by atoms with E-state index in [9.17, 15) is 18.3 Å². The van der Waals surface area contributed by atoms with Crippen molar-refractivity contribution >= 4 is 15.7 Å². The van der Waals surface area contributed by atoms with Crippen LogP contribution in [0.5, 0.6) is 5.75 Å². The summed E-state index contributed by atoms with van der Waals surface area (Å²) >= 11 is 0. The molecule has 2 fully saturated rings. The van der Waals surface area contributed by atoms with Gasteiger partial charge < -0.3 is 10.0 Å². The lowest BCUT2D eigenvalue weighted by atomic mass is 10.0. The average molecular weight is 352 g/mol. The molecule has 2 saturated heterocycles. The molecule has 6 nitrogen and oxygen atoms in total. The maximum Gasteiger partial charge on any atom is 0.225 e. The second-order valence-corrected chi connectivity index (χ2v) is 9.19. The number of rotatable bonds is 3. The predicted octanol–water partition coefficient (Wildman–Crippen LogP) is 0.858. The summed E-state index contributed by atoms with van der Waals surface area (Å²) in [4.78, 5) is 16.3. The number of fused-ring (bicyclic) bond motifs is 1. The number of piperazine rings is 1. The van der Waals surface area contributed by atoms with Crippen molar-refractivity contribution in [2.24, 2.45) is 5.92 Å². The lowest BCUT2D eigenvalue weighted by Gasteiger charge is -2.44. The number of sulfone groups is 1. The fourth-order valence-corrected chi connectivity index (χ4v) is 5.73. The number of phenols is 1. The van der Waals surface area contributed by atoms with Crippen LogP contribution < -0.4 is 0 Å². The molecule has 0 bridgehead atoms. The SMILES string of the molecule is CC(C)C(=O)N1CCN(Cc2cccc(O)c2)[C@H]2CS(=O)(=O)C[C@H]21. The summed E-state index contributed by atoms with van der Waals surface area (Å²) in [6, 6.07) is 6.58. The first kappa shape index (κ1) is 17.2. The molecular weight excluding hydrogens is 328 g/mol. The number of nitrogens with zero attached hydrogens (tertiary/aromatic N) is 2. The summed E-state index contributed by atoms with van der Waals surface area (Å²) in [5, 5.41) is 9.62. The number of aromatic hydroxyl groups is 1. The van der Waals surface area contributed by atoms with E-state index in [1.807, 2.05) is 19.9 Å². The van der Waals surface area contributed by atoms with E-state index in [1.165, 1.54) is 0 Å². The molecule has 2 aliphatic heterocycles. The molecule has 132 valence electrons. The monoisotopic (exact) mass is 352 g/mol. The van der Waals surface area contributed by atoms with Crippen molar-refractivity contribution in [3.05, 3.63) is 29.8 Å². The van der Waals surface area contributed by atoms with Gasteiger partial charge in [-0.1, -0.05) is 26.0 Å². The molecular formula is C17H24N2O4S. The van der Waals surface area contributed by atoms with E-state index >= 15 is 0 Å². The molecule has 2 heterocycles. The van der Waals surface area contributed by atoms with Crippen LogP contribution in [0.3, 0.4) is 0 Å². The standard InChI is InChI=1S/C17H24N2O4S/c1-12(2)17(21)19-7-6-18(9-13-4-3-5-14(20)8-13)15-10-24(22,23)11-16(15)19/h3-5,8,12,15-16,20H,6-7,9-11H2,1-2H3/t15-,16+/m0/s1. The van der Waals surface area contributed by atoms with Gasteiger partial charge in [0, 0.05) is 31.6 Å². The Morgan fingerprint density at radius 2 is 1.96 bits per heavy atom. The van der Waals surface area contributed by atoms with Crippen molar-refractivity contribution in [2.45, 2.75) is 32.5 Å². The molecule has 7 heteroatoms. The van der Waals surface area contributed by atoms with Crippen LogP contribution in [-0.4, -0.2) is 65.9 Å². The number of amides is 1. The summed E-state index contributed by atoms with van der Waals surface area (Å²) in [6.45, 7) is 5.46. The number of hydrogen-bond donors (Lipinski definition) is 1. The van der Waals surface area contributed by atoms with Gasteiger partial charge in [-0.3, -0.25) is 9.69 Å². The molecule has 1 amide bonds. The smallest absolute Gasteiger partial charge is 0.225 e. The average Bonchev–Trinajstić information content (AvgIpc) is 2.82. The number of phenolic OH excluding ortho intramolecular Hbond substituents is 1. The van der Waals surface area contributed by atoms with Gasteiger partial charge in [0.1, 0.15) is 5.75 Å². The van der Waals surface area contributed by atoms with Crippen molar-refractivity contribution in [1.82, 2.24) is 9.80 Å². The summed E-state index contributed by atoms with van der Waals surface area (Å²) in [7, 11) is -3.14. The Morgan fingerprint density at radius 3 is 2.62 bits per heavy atom. The highest BCUT2D eigenvalue weighted by atomic mass is 32.2. The summed E-state index contributed by atoms with van der Waals surface area (Å²) in [5.41, 5.74) is 0.946. The minimum Gasteiger partial charge on any atom is -0.508 e. The van der Waals surface area contributed by atoms with E-state index in [2.05, 4.69) is 4.90 Å². The Kier molecular flexibility index (Phi) is 4.57. The van der Waals surface area contributed by atoms with E-state index in [-0.39, 0.29) is 41.2 Å². The van der Waals surface area contributed by atoms with E-state index in [0.29, 0.717) is 19.6 Å². The molecule has 1 aromatic carbocycles. The van der Waals surface area contributed by atoms with Gasteiger partial charge >= 0.3 is 0 Å². The predicted molar refractivity (Wildman–Crippen MR) is 91.3 cm³/mol. The van der Waals surface area contributed by atoms with E-state index in [0.717, 1.165) is 5.56 Å². The third kappa shape index (κ3) is 3.42. The normalized spacial score (nSPS) is 26.5. The number of carbonyl (C=O) groups excluding carboxylic acids is 1. The first-order valence-electron chi connectivity index (χ1n) is 8.30. The van der Waals surface area contributed by atoms with Crippen LogP contribution in [-0.2, 0) is 21.2 Å². The zero-order chi connectivity index (χ0) is 17.5. The Balaban J connectivity index is 1.83. The highest BCUT2D eigenvalue weighted by Gasteiger charge is 2.48. The Morgan fingerprint density at radius 1 is 1.25 bits per heavy atom. The number of benzene rings is 1. The topological polar surface area (TPSA) is 77.9 Å². The van der Waals surface area contributed by atoms with Crippen LogP contribution >= 0.6 is 0 Å². The largest absolute Gasteiger partial charge is 0.508 e. The zero-order valence-electron chi connectivity index (χ0n) is 14.1. The lowest BCUT2D eigenvalue weighted by molar-refractivity contribution is -0.140. The Labute approximate surface area is 143 Å². The molecule has 3 rings (SSSR count). The van der Waals surface area contributed by atoms with Gasteiger partial charge in [0.15, 0.2) is 9.84 Å². The quantitative estimate of drug-likeness (QED) is 0.873.